The third kappa shape index (κ3) is 12.7. The first-order valence-corrected chi connectivity index (χ1v) is 29.7. The van der Waals surface area contributed by atoms with Gasteiger partial charge in [-0.3, -0.25) is 9.11 Å². The van der Waals surface area contributed by atoms with Crippen LogP contribution in [-0.4, -0.2) is 124 Å². The minimum Gasteiger partial charge on any atom is -0.495 e. The average Bonchev–Trinajstić information content (AvgIpc) is 4.01. The molecule has 0 unspecified atom stereocenters. The molecule has 7 aromatic rings. The van der Waals surface area contributed by atoms with Crippen LogP contribution < -0.4 is 39.4 Å². The van der Waals surface area contributed by atoms with Gasteiger partial charge in [-0.15, -0.1) is 20.5 Å². The molecule has 4 aromatic carbocycles. The average molecular weight is 1180 g/mol. The number of nitrogens with one attached hydrogen (secondary N) is 2. The molecule has 3 aromatic heterocycles. The quantitative estimate of drug-likeness (QED) is 0.0117. The standard InChI is InChI=1S/C43H49N13O13S7/c1-9-55(10-2)29-19-25(27(21-33(29)67-7)49-51-39-35-23(53-72-39)13-15-31(65-5)37(35)75(60,61)62)44-41-46-42(48-43(47-41)71-17-18-74(57,58)59)45-26-20-30(56(11-3)12-4)34(68-8)22-28(26)50-52-40-36-24(54-73-40)14-16-32(66-6)38(36)76(63,64)69-70/h13-16,19-22,70H,9-12,17-18H2,1-8H3,(H,57,58,59)(H,60,61,62)(H2,44,45,46,47,48). The largest absolute Gasteiger partial charge is 0.495 e. The first kappa shape index (κ1) is 57.4. The highest BCUT2D eigenvalue weighted by atomic mass is 32.3. The molecule has 0 saturated heterocycles. The molecule has 0 radical (unpaired) electrons. The summed E-state index contributed by atoms with van der Waals surface area (Å²) in [4.78, 5) is 17.0. The van der Waals surface area contributed by atoms with Gasteiger partial charge in [0.25, 0.3) is 20.2 Å². The van der Waals surface area contributed by atoms with Crippen LogP contribution in [0.4, 0.5) is 56.0 Å². The highest BCUT2D eigenvalue weighted by Gasteiger charge is 2.29. The molecule has 33 heteroatoms. The number of azo groups is 2. The van der Waals surface area contributed by atoms with Gasteiger partial charge in [-0.25, -0.2) is 0 Å². The van der Waals surface area contributed by atoms with Gasteiger partial charge in [-0.1, -0.05) is 11.8 Å². The van der Waals surface area contributed by atoms with E-state index in [9.17, 15) is 34.4 Å². The van der Waals surface area contributed by atoms with Gasteiger partial charge in [0.15, 0.2) is 15.2 Å². The van der Waals surface area contributed by atoms with Gasteiger partial charge >= 0.3 is 10.1 Å². The fraction of sp³-hybridized carbons (Fsp3) is 0.326. The maximum absolute atomic E-state index is 13.2. The van der Waals surface area contributed by atoms with E-state index >= 15 is 0 Å². The molecule has 0 atom stereocenters. The van der Waals surface area contributed by atoms with E-state index in [1.807, 2.05) is 37.5 Å². The first-order chi connectivity index (χ1) is 36.2. The second-order valence-corrected chi connectivity index (χ2v) is 22.8. The number of benzene rings is 4. The number of aromatic nitrogens is 5. The van der Waals surface area contributed by atoms with Crippen LogP contribution in [-0.2, 0) is 34.0 Å². The zero-order valence-corrected chi connectivity index (χ0v) is 47.4. The van der Waals surface area contributed by atoms with Gasteiger partial charge in [0.2, 0.25) is 11.9 Å². The SMILES string of the molecule is CCN(CC)c1cc(Nc2nc(Nc3cc(N(CC)CC)c(OC)cc3N=Nc3snc4ccc(OC)c(S(=O)(=O)OS)c34)nc(SCCS(=O)(=O)O)n2)c(N=Nc2snc3ccc(OC)c(S(=O)(=O)O)c23)cc1OC. The molecule has 406 valence electrons. The van der Waals surface area contributed by atoms with Gasteiger partial charge in [0.1, 0.15) is 44.2 Å². The summed E-state index contributed by atoms with van der Waals surface area (Å²) in [5.41, 5.74) is 2.51. The Morgan fingerprint density at radius 2 is 1.05 bits per heavy atom. The molecule has 0 fully saturated rings. The van der Waals surface area contributed by atoms with Crippen molar-refractivity contribution in [3.63, 3.8) is 0 Å². The van der Waals surface area contributed by atoms with E-state index in [1.165, 1.54) is 46.6 Å². The van der Waals surface area contributed by atoms with E-state index < -0.39 is 41.0 Å². The van der Waals surface area contributed by atoms with Crippen LogP contribution in [0.15, 0.2) is 83.9 Å². The number of thioether (sulfide) groups is 1. The van der Waals surface area contributed by atoms with Crippen molar-refractivity contribution < 1.29 is 56.9 Å². The second kappa shape index (κ2) is 24.4. The zero-order valence-electron chi connectivity index (χ0n) is 41.6. The fourth-order valence-electron chi connectivity index (χ4n) is 7.59. The number of ether oxygens (including phenoxy) is 4. The minimum absolute atomic E-state index is 0.00185. The second-order valence-electron chi connectivity index (χ2n) is 15.4. The molecule has 7 rings (SSSR count). The number of nitrogens with zero attached hydrogens (tertiary/aromatic N) is 11. The lowest BCUT2D eigenvalue weighted by Crippen LogP contribution is -2.22. The van der Waals surface area contributed by atoms with Gasteiger partial charge in [0, 0.05) is 44.1 Å². The summed E-state index contributed by atoms with van der Waals surface area (Å²) >= 11 is 6.17. The Labute approximate surface area is 454 Å². The Morgan fingerprint density at radius 1 is 0.618 bits per heavy atom. The van der Waals surface area contributed by atoms with E-state index in [2.05, 4.69) is 66.3 Å². The summed E-state index contributed by atoms with van der Waals surface area (Å²) in [5, 5.41) is 24.5. The zero-order chi connectivity index (χ0) is 55.1. The number of hydrogen-bond acceptors (Lipinski definition) is 28. The lowest BCUT2D eigenvalue weighted by molar-refractivity contribution is 0.399. The molecule has 4 N–H and O–H groups in total. The van der Waals surface area contributed by atoms with Crippen molar-refractivity contribution in [2.75, 3.05) is 86.6 Å². The first-order valence-electron chi connectivity index (χ1n) is 22.4. The number of rotatable bonds is 25. The maximum atomic E-state index is 13.2. The summed E-state index contributed by atoms with van der Waals surface area (Å²) < 4.78 is 131. The van der Waals surface area contributed by atoms with E-state index in [0.29, 0.717) is 49.1 Å². The van der Waals surface area contributed by atoms with Crippen LogP contribution in [0, 0.1) is 0 Å². The summed E-state index contributed by atoms with van der Waals surface area (Å²) in [6.07, 6.45) is 0. The number of methoxy groups -OCH3 is 4. The minimum atomic E-state index is -4.85. The van der Waals surface area contributed by atoms with Crippen LogP contribution in [0.5, 0.6) is 23.0 Å². The smallest absolute Gasteiger partial charge is 0.312 e. The summed E-state index contributed by atoms with van der Waals surface area (Å²) in [6.45, 7) is 10.1. The molecular formula is C43H49N13O13S7. The normalized spacial score (nSPS) is 12.2. The van der Waals surface area contributed by atoms with Crippen LogP contribution >= 0.6 is 47.7 Å². The monoisotopic (exact) mass is 1180 g/mol. The Balaban J connectivity index is 1.40. The predicted octanol–water partition coefficient (Wildman–Crippen LogP) is 9.91. The van der Waals surface area contributed by atoms with E-state index in [0.717, 1.165) is 34.8 Å². The number of thiol groups is 1. The topological polar surface area (TPSA) is 333 Å². The summed E-state index contributed by atoms with van der Waals surface area (Å²) in [7, 11) is -8.22. The molecular weight excluding hydrogens is 1130 g/mol. The third-order valence-electron chi connectivity index (χ3n) is 11.1. The number of hydrogen-bond donors (Lipinski definition) is 5. The Bertz CT molecular complexity index is 3690. The Kier molecular flexibility index (Phi) is 18.4. The molecule has 0 aliphatic carbocycles. The molecule has 0 aliphatic heterocycles. The lowest BCUT2D eigenvalue weighted by Gasteiger charge is -2.25. The van der Waals surface area contributed by atoms with Crippen LogP contribution in [0.25, 0.3) is 21.8 Å². The van der Waals surface area contributed by atoms with Crippen LogP contribution in [0.2, 0.25) is 0 Å². The highest BCUT2D eigenvalue weighted by molar-refractivity contribution is 8.00. The van der Waals surface area contributed by atoms with Crippen molar-refractivity contribution in [2.45, 2.75) is 42.6 Å². The van der Waals surface area contributed by atoms with Gasteiger partial charge in [-0.2, -0.15) is 52.6 Å². The van der Waals surface area contributed by atoms with Gasteiger partial charge in [0.05, 0.1) is 78.7 Å². The third-order valence-corrected chi connectivity index (χ3v) is 17.0. The molecule has 0 bridgehead atoms. The maximum Gasteiger partial charge on any atom is 0.312 e. The van der Waals surface area contributed by atoms with Gasteiger partial charge in [-0.05, 0) is 100 Å². The molecule has 26 nitrogen and oxygen atoms in total. The molecule has 76 heavy (non-hydrogen) atoms. The summed E-state index contributed by atoms with van der Waals surface area (Å²) in [6, 6.07) is 12.5. The molecule has 3 heterocycles. The van der Waals surface area contributed by atoms with Crippen molar-refractivity contribution in [2.24, 2.45) is 20.5 Å². The van der Waals surface area contributed by atoms with E-state index in [-0.39, 0.29) is 93.8 Å². The van der Waals surface area contributed by atoms with E-state index in [1.54, 1.807) is 30.3 Å². The van der Waals surface area contributed by atoms with Crippen molar-refractivity contribution >= 4 is 156 Å². The van der Waals surface area contributed by atoms with Crippen molar-refractivity contribution in [3.8, 4) is 23.0 Å². The van der Waals surface area contributed by atoms with Gasteiger partial charge < -0.3 is 39.4 Å². The number of anilines is 6. The van der Waals surface area contributed by atoms with Crippen molar-refractivity contribution in [1.82, 2.24) is 23.7 Å². The van der Waals surface area contributed by atoms with E-state index in [4.69, 9.17) is 23.9 Å². The molecule has 0 amide bonds. The Hall–Kier alpha value is -6.30. The van der Waals surface area contributed by atoms with Crippen molar-refractivity contribution in [1.29, 1.82) is 0 Å². The van der Waals surface area contributed by atoms with Crippen LogP contribution in [0.3, 0.4) is 0 Å². The summed E-state index contributed by atoms with van der Waals surface area (Å²) in [5.74, 6) is -0.420. The fourth-order valence-corrected chi connectivity index (χ4v) is 12.8. The number of fused-ring (bicyclic) bond motifs is 2. The van der Waals surface area contributed by atoms with Crippen molar-refractivity contribution in [3.05, 3.63) is 48.5 Å². The highest BCUT2D eigenvalue weighted by Crippen LogP contribution is 2.46. The predicted molar refractivity (Wildman–Crippen MR) is 294 cm³/mol. The lowest BCUT2D eigenvalue weighted by atomic mass is 10.2. The molecule has 0 saturated carbocycles. The molecule has 0 aliphatic rings. The Morgan fingerprint density at radius 3 is 1.45 bits per heavy atom. The van der Waals surface area contributed by atoms with Crippen LogP contribution in [0.1, 0.15) is 27.7 Å². The molecule has 0 spiro atoms.